The lowest BCUT2D eigenvalue weighted by Crippen LogP contribution is -2.26. The summed E-state index contributed by atoms with van der Waals surface area (Å²) >= 11 is 5.07. The molecule has 5 rings (SSSR count). The fraction of sp³-hybridized carbons (Fsp3) is 0.368. The van der Waals surface area contributed by atoms with Gasteiger partial charge in [0.1, 0.15) is 6.33 Å². The van der Waals surface area contributed by atoms with E-state index >= 15 is 0 Å². The molecule has 3 N–H and O–H groups in total. The van der Waals surface area contributed by atoms with Crippen LogP contribution in [-0.4, -0.2) is 55.5 Å². The van der Waals surface area contributed by atoms with E-state index in [-0.39, 0.29) is 6.79 Å². The standard InChI is InChI=1S/C19H19BrN6O4S/c20-11-5-12-13(30-9-29-12)6-14(11)31-18-24-15-16(21)22-8-23-17(15)26(18)4-2-10-1-3-25(7-10)19(27)28/h5-6,8,10H,1-4,7,9H2,(H,27,28)(H2,21,22,23)/t10-/m1/s1. The number of carbonyl (C=O) groups is 1. The first-order valence-electron chi connectivity index (χ1n) is 9.71. The monoisotopic (exact) mass is 506 g/mol. The van der Waals surface area contributed by atoms with Crippen LogP contribution in [0.2, 0.25) is 0 Å². The van der Waals surface area contributed by atoms with Crippen LogP contribution >= 0.6 is 27.7 Å². The molecule has 12 heteroatoms. The molecular weight excluding hydrogens is 488 g/mol. The van der Waals surface area contributed by atoms with Crippen LogP contribution in [0, 0.1) is 5.92 Å². The van der Waals surface area contributed by atoms with Gasteiger partial charge in [0.05, 0.1) is 0 Å². The minimum atomic E-state index is -0.861. The number of aromatic nitrogens is 4. The first kappa shape index (κ1) is 20.2. The third kappa shape index (κ3) is 3.85. The second kappa shape index (κ2) is 8.08. The summed E-state index contributed by atoms with van der Waals surface area (Å²) in [5, 5.41) is 9.94. The minimum absolute atomic E-state index is 0.204. The molecule has 31 heavy (non-hydrogen) atoms. The van der Waals surface area contributed by atoms with Crippen LogP contribution in [-0.2, 0) is 6.54 Å². The molecule has 162 valence electrons. The number of anilines is 1. The number of halogens is 1. The third-order valence-corrected chi connectivity index (χ3v) is 7.44. The van der Waals surface area contributed by atoms with Crippen molar-refractivity contribution in [2.45, 2.75) is 29.4 Å². The molecule has 0 unspecified atom stereocenters. The van der Waals surface area contributed by atoms with Gasteiger partial charge in [-0.3, -0.25) is 0 Å². The highest BCUT2D eigenvalue weighted by Gasteiger charge is 2.27. The fourth-order valence-electron chi connectivity index (χ4n) is 3.84. The van der Waals surface area contributed by atoms with Crippen molar-refractivity contribution in [3.63, 3.8) is 0 Å². The molecule has 2 aromatic heterocycles. The molecule has 2 aliphatic rings. The number of hydrogen-bond acceptors (Lipinski definition) is 8. The molecule has 2 aliphatic heterocycles. The summed E-state index contributed by atoms with van der Waals surface area (Å²) in [6.45, 7) is 1.98. The molecule has 10 nitrogen and oxygen atoms in total. The Morgan fingerprint density at radius 3 is 2.90 bits per heavy atom. The van der Waals surface area contributed by atoms with Crippen LogP contribution < -0.4 is 15.2 Å². The zero-order valence-corrected chi connectivity index (χ0v) is 18.7. The average Bonchev–Trinajstić information content (AvgIpc) is 3.46. The number of rotatable bonds is 5. The molecule has 3 aromatic rings. The van der Waals surface area contributed by atoms with Crippen molar-refractivity contribution in [3.05, 3.63) is 22.9 Å². The number of nitrogens with zero attached hydrogens (tertiary/aromatic N) is 5. The normalized spacial score (nSPS) is 17.6. The Kier molecular flexibility index (Phi) is 5.26. The van der Waals surface area contributed by atoms with Gasteiger partial charge in [0.2, 0.25) is 6.79 Å². The summed E-state index contributed by atoms with van der Waals surface area (Å²) in [7, 11) is 0. The van der Waals surface area contributed by atoms with Crippen LogP contribution in [0.1, 0.15) is 12.8 Å². The maximum Gasteiger partial charge on any atom is 0.407 e. The van der Waals surface area contributed by atoms with Crippen molar-refractivity contribution in [2.75, 3.05) is 25.6 Å². The summed E-state index contributed by atoms with van der Waals surface area (Å²) in [4.78, 5) is 26.8. The SMILES string of the molecule is Nc1ncnc2c1nc(Sc1cc3c(cc1Br)OCO3)n2CC[C@H]1CCN(C(=O)O)C1. The number of nitrogens with two attached hydrogens (primary N) is 1. The Hall–Kier alpha value is -2.73. The van der Waals surface area contributed by atoms with Gasteiger partial charge in [-0.1, -0.05) is 11.8 Å². The van der Waals surface area contributed by atoms with E-state index in [4.69, 9.17) is 20.2 Å². The molecule has 1 fully saturated rings. The predicted molar refractivity (Wildman–Crippen MR) is 116 cm³/mol. The molecule has 1 aromatic carbocycles. The van der Waals surface area contributed by atoms with Crippen molar-refractivity contribution in [2.24, 2.45) is 5.92 Å². The molecule has 1 amide bonds. The number of nitrogen functional groups attached to an aromatic ring is 1. The van der Waals surface area contributed by atoms with E-state index in [0.29, 0.717) is 54.0 Å². The van der Waals surface area contributed by atoms with Gasteiger partial charge in [-0.2, -0.15) is 0 Å². The van der Waals surface area contributed by atoms with E-state index in [1.165, 1.54) is 23.0 Å². The smallest absolute Gasteiger partial charge is 0.407 e. The highest BCUT2D eigenvalue weighted by molar-refractivity contribution is 9.10. The highest BCUT2D eigenvalue weighted by atomic mass is 79.9. The maximum atomic E-state index is 11.2. The molecular formula is C19H19BrN6O4S. The van der Waals surface area contributed by atoms with Crippen LogP contribution in [0.15, 0.2) is 33.0 Å². The number of fused-ring (bicyclic) bond motifs is 2. The van der Waals surface area contributed by atoms with E-state index in [2.05, 4.69) is 25.9 Å². The van der Waals surface area contributed by atoms with E-state index in [1.54, 1.807) is 0 Å². The first-order chi connectivity index (χ1) is 15.0. The van der Waals surface area contributed by atoms with E-state index in [0.717, 1.165) is 27.4 Å². The van der Waals surface area contributed by atoms with Crippen molar-refractivity contribution in [1.82, 2.24) is 24.4 Å². The second-order valence-corrected chi connectivity index (χ2v) is 9.25. The Morgan fingerprint density at radius 2 is 2.13 bits per heavy atom. The number of imidazole rings is 1. The molecule has 0 radical (unpaired) electrons. The summed E-state index contributed by atoms with van der Waals surface area (Å²) in [6.07, 6.45) is 2.24. The van der Waals surface area contributed by atoms with Gasteiger partial charge in [-0.25, -0.2) is 19.7 Å². The van der Waals surface area contributed by atoms with Crippen LogP contribution in [0.4, 0.5) is 10.6 Å². The van der Waals surface area contributed by atoms with Gasteiger partial charge in [-0.05, 0) is 46.8 Å². The number of ether oxygens (including phenoxy) is 2. The van der Waals surface area contributed by atoms with Crippen LogP contribution in [0.3, 0.4) is 0 Å². The molecule has 0 saturated carbocycles. The summed E-state index contributed by atoms with van der Waals surface area (Å²) in [5.74, 6) is 2.01. The highest BCUT2D eigenvalue weighted by Crippen LogP contribution is 2.43. The van der Waals surface area contributed by atoms with Gasteiger partial charge in [0.25, 0.3) is 0 Å². The minimum Gasteiger partial charge on any atom is -0.465 e. The Bertz CT molecular complexity index is 1170. The lowest BCUT2D eigenvalue weighted by molar-refractivity contribution is 0.153. The molecule has 1 saturated heterocycles. The number of benzene rings is 1. The van der Waals surface area contributed by atoms with Crippen LogP contribution in [0.5, 0.6) is 11.5 Å². The van der Waals surface area contributed by atoms with Crippen LogP contribution in [0.25, 0.3) is 11.2 Å². The summed E-state index contributed by atoms with van der Waals surface area (Å²) < 4.78 is 13.8. The Balaban J connectivity index is 1.44. The van der Waals surface area contributed by atoms with E-state index in [9.17, 15) is 9.90 Å². The van der Waals surface area contributed by atoms with E-state index < -0.39 is 6.09 Å². The van der Waals surface area contributed by atoms with Crippen molar-refractivity contribution in [1.29, 1.82) is 0 Å². The number of carboxylic acid groups (broad SMARTS) is 1. The predicted octanol–water partition coefficient (Wildman–Crippen LogP) is 3.44. The van der Waals surface area contributed by atoms with Gasteiger partial charge >= 0.3 is 6.09 Å². The summed E-state index contributed by atoms with van der Waals surface area (Å²) in [5.41, 5.74) is 7.27. The second-order valence-electron chi connectivity index (χ2n) is 7.39. The average molecular weight is 507 g/mol. The molecule has 0 aliphatic carbocycles. The van der Waals surface area contributed by atoms with Gasteiger partial charge in [-0.15, -0.1) is 0 Å². The first-order valence-corrected chi connectivity index (χ1v) is 11.3. The zero-order chi connectivity index (χ0) is 21.5. The third-order valence-electron chi connectivity index (χ3n) is 5.47. The topological polar surface area (TPSA) is 129 Å². The number of amides is 1. The van der Waals surface area contributed by atoms with E-state index in [1.807, 2.05) is 16.7 Å². The summed E-state index contributed by atoms with van der Waals surface area (Å²) in [6, 6.07) is 3.79. The Labute approximate surface area is 189 Å². The van der Waals surface area contributed by atoms with Gasteiger partial charge < -0.3 is 29.8 Å². The molecule has 0 spiro atoms. The lowest BCUT2D eigenvalue weighted by Gasteiger charge is -2.14. The molecule has 1 atom stereocenters. The van der Waals surface area contributed by atoms with Crippen molar-refractivity contribution >= 4 is 50.8 Å². The fourth-order valence-corrected chi connectivity index (χ4v) is 5.35. The Morgan fingerprint density at radius 1 is 1.32 bits per heavy atom. The number of likely N-dealkylation sites (tertiary alicyclic amines) is 1. The molecule has 0 bridgehead atoms. The number of hydrogen-bond donors (Lipinski definition) is 2. The van der Waals surface area contributed by atoms with Crippen molar-refractivity contribution < 1.29 is 19.4 Å². The van der Waals surface area contributed by atoms with Gasteiger partial charge in [0.15, 0.2) is 33.6 Å². The maximum absolute atomic E-state index is 11.2. The molecule has 4 heterocycles. The van der Waals surface area contributed by atoms with Gasteiger partial charge in [0, 0.05) is 29.0 Å². The quantitative estimate of drug-likeness (QED) is 0.534. The zero-order valence-electron chi connectivity index (χ0n) is 16.3. The largest absolute Gasteiger partial charge is 0.465 e. The number of aryl methyl sites for hydroxylation is 1. The lowest BCUT2D eigenvalue weighted by atomic mass is 10.1. The van der Waals surface area contributed by atoms with Crippen molar-refractivity contribution in [3.8, 4) is 11.5 Å².